The van der Waals surface area contributed by atoms with Gasteiger partial charge in [0, 0.05) is 23.9 Å². The Balaban J connectivity index is 1.72. The summed E-state index contributed by atoms with van der Waals surface area (Å²) in [6.45, 7) is 5.56. The van der Waals surface area contributed by atoms with Crippen LogP contribution in [0.25, 0.3) is 0 Å². The van der Waals surface area contributed by atoms with E-state index in [0.717, 1.165) is 12.5 Å². The summed E-state index contributed by atoms with van der Waals surface area (Å²) >= 11 is 1.89. The zero-order valence-electron chi connectivity index (χ0n) is 10.6. The average Bonchev–Trinajstić information content (AvgIpc) is 2.97. The van der Waals surface area contributed by atoms with Crippen molar-refractivity contribution in [3.05, 3.63) is 21.7 Å². The molecule has 1 aliphatic carbocycles. The van der Waals surface area contributed by atoms with E-state index in [-0.39, 0.29) is 0 Å². The maximum absolute atomic E-state index is 4.62. The third kappa shape index (κ3) is 2.17. The van der Waals surface area contributed by atoms with Crippen LogP contribution in [0.4, 0.5) is 0 Å². The number of hydrogen-bond acceptors (Lipinski definition) is 3. The molecule has 2 aliphatic heterocycles. The fraction of sp³-hybridized carbons (Fsp3) is 0.643. The Morgan fingerprint density at radius 3 is 3.06 bits per heavy atom. The van der Waals surface area contributed by atoms with Gasteiger partial charge in [0.05, 0.1) is 5.03 Å². The van der Waals surface area contributed by atoms with E-state index >= 15 is 0 Å². The Kier molecular flexibility index (Phi) is 3.03. The molecule has 0 aromatic carbocycles. The molecule has 0 saturated heterocycles. The Bertz CT molecular complexity index is 418. The van der Waals surface area contributed by atoms with Crippen molar-refractivity contribution in [2.45, 2.75) is 39.5 Å². The van der Waals surface area contributed by atoms with Crippen LogP contribution in [0.2, 0.25) is 0 Å². The molecule has 0 aromatic rings. The standard InChI is InChI=1S/C14H20N2S/c1-9(2)13-8-17-14(16-13)11-3-4-12-10(7-11)5-6-15-12/h8-10,16H,3-7H2,1-2H3/b14-11+. The third-order valence-corrected chi connectivity index (χ3v) is 4.94. The molecule has 1 saturated carbocycles. The normalized spacial score (nSPS) is 32.3. The Morgan fingerprint density at radius 1 is 1.41 bits per heavy atom. The Hall–Kier alpha value is -0.700. The van der Waals surface area contributed by atoms with Gasteiger partial charge in [-0.3, -0.25) is 4.99 Å². The van der Waals surface area contributed by atoms with Crippen LogP contribution >= 0.6 is 11.8 Å². The zero-order chi connectivity index (χ0) is 11.8. The van der Waals surface area contributed by atoms with Crippen LogP contribution in [0.3, 0.4) is 0 Å². The fourth-order valence-corrected chi connectivity index (χ4v) is 3.92. The summed E-state index contributed by atoms with van der Waals surface area (Å²) in [5.41, 5.74) is 4.51. The van der Waals surface area contributed by atoms with Crippen LogP contribution < -0.4 is 5.32 Å². The lowest BCUT2D eigenvalue weighted by molar-refractivity contribution is 0.612. The zero-order valence-corrected chi connectivity index (χ0v) is 11.4. The van der Waals surface area contributed by atoms with Crippen LogP contribution in [0, 0.1) is 11.8 Å². The van der Waals surface area contributed by atoms with Gasteiger partial charge in [0.25, 0.3) is 0 Å². The van der Waals surface area contributed by atoms with Gasteiger partial charge in [0.15, 0.2) is 0 Å². The number of nitrogens with one attached hydrogen (secondary N) is 1. The van der Waals surface area contributed by atoms with Crippen LogP contribution in [0.5, 0.6) is 0 Å². The summed E-state index contributed by atoms with van der Waals surface area (Å²) in [6, 6.07) is 0. The molecule has 1 N–H and O–H groups in total. The van der Waals surface area contributed by atoms with Crippen molar-refractivity contribution in [2.24, 2.45) is 16.8 Å². The van der Waals surface area contributed by atoms with E-state index in [2.05, 4.69) is 29.6 Å². The van der Waals surface area contributed by atoms with Gasteiger partial charge in [-0.15, -0.1) is 0 Å². The Morgan fingerprint density at radius 2 is 2.29 bits per heavy atom. The minimum atomic E-state index is 0.604. The molecule has 92 valence electrons. The summed E-state index contributed by atoms with van der Waals surface area (Å²) in [4.78, 5) is 4.62. The molecule has 2 nitrogen and oxygen atoms in total. The van der Waals surface area contributed by atoms with Crippen molar-refractivity contribution in [1.82, 2.24) is 5.32 Å². The topological polar surface area (TPSA) is 24.4 Å². The van der Waals surface area contributed by atoms with Gasteiger partial charge in [-0.25, -0.2) is 0 Å². The number of thioether (sulfide) groups is 1. The first-order chi connectivity index (χ1) is 8.24. The summed E-state index contributed by atoms with van der Waals surface area (Å²) in [5, 5.41) is 7.30. The third-order valence-electron chi connectivity index (χ3n) is 3.94. The molecule has 0 radical (unpaired) electrons. The van der Waals surface area contributed by atoms with E-state index in [9.17, 15) is 0 Å². The number of rotatable bonds is 1. The predicted octanol–water partition coefficient (Wildman–Crippen LogP) is 3.68. The molecular weight excluding hydrogens is 228 g/mol. The second-order valence-corrected chi connectivity index (χ2v) is 6.35. The van der Waals surface area contributed by atoms with E-state index in [1.807, 2.05) is 11.8 Å². The number of fused-ring (bicyclic) bond motifs is 1. The van der Waals surface area contributed by atoms with E-state index in [1.165, 1.54) is 42.1 Å². The lowest BCUT2D eigenvalue weighted by atomic mass is 9.84. The SMILES string of the molecule is CC(C)C1=CS/C(=C2\CCC3=NCCC3C2)N1. The minimum absolute atomic E-state index is 0.604. The van der Waals surface area contributed by atoms with E-state index in [1.54, 1.807) is 5.57 Å². The van der Waals surface area contributed by atoms with Crippen molar-refractivity contribution in [2.75, 3.05) is 6.54 Å². The van der Waals surface area contributed by atoms with Crippen molar-refractivity contribution in [3.8, 4) is 0 Å². The maximum atomic E-state index is 4.62. The van der Waals surface area contributed by atoms with Gasteiger partial charge < -0.3 is 5.32 Å². The first kappa shape index (κ1) is 11.4. The van der Waals surface area contributed by atoms with Gasteiger partial charge in [-0.05, 0) is 42.6 Å². The summed E-state index contributed by atoms with van der Waals surface area (Å²) < 4.78 is 0. The molecular formula is C14H20N2S. The summed E-state index contributed by atoms with van der Waals surface area (Å²) in [7, 11) is 0. The highest BCUT2D eigenvalue weighted by atomic mass is 32.2. The number of aliphatic imine (C=N–C) groups is 1. The minimum Gasteiger partial charge on any atom is -0.353 e. The molecule has 0 spiro atoms. The van der Waals surface area contributed by atoms with Crippen molar-refractivity contribution >= 4 is 17.5 Å². The van der Waals surface area contributed by atoms with E-state index in [4.69, 9.17) is 0 Å². The van der Waals surface area contributed by atoms with Crippen LogP contribution in [-0.4, -0.2) is 12.3 Å². The summed E-state index contributed by atoms with van der Waals surface area (Å²) in [5.74, 6) is 1.37. The van der Waals surface area contributed by atoms with Crippen LogP contribution in [0.15, 0.2) is 26.7 Å². The summed E-state index contributed by atoms with van der Waals surface area (Å²) in [6.07, 6.45) is 4.93. The predicted molar refractivity (Wildman–Crippen MR) is 74.9 cm³/mol. The lowest BCUT2D eigenvalue weighted by Crippen LogP contribution is -2.20. The van der Waals surface area contributed by atoms with Crippen molar-refractivity contribution in [3.63, 3.8) is 0 Å². The second-order valence-electron chi connectivity index (χ2n) is 5.47. The lowest BCUT2D eigenvalue weighted by Gasteiger charge is -2.23. The average molecular weight is 248 g/mol. The highest BCUT2D eigenvalue weighted by Crippen LogP contribution is 2.39. The highest BCUT2D eigenvalue weighted by Gasteiger charge is 2.29. The van der Waals surface area contributed by atoms with Crippen LogP contribution in [0.1, 0.15) is 39.5 Å². The monoisotopic (exact) mass is 248 g/mol. The van der Waals surface area contributed by atoms with Crippen LogP contribution in [-0.2, 0) is 0 Å². The number of hydrogen-bond donors (Lipinski definition) is 1. The number of allylic oxidation sites excluding steroid dienone is 2. The molecule has 3 aliphatic rings. The second kappa shape index (κ2) is 4.52. The molecule has 17 heavy (non-hydrogen) atoms. The van der Waals surface area contributed by atoms with E-state index < -0.39 is 0 Å². The van der Waals surface area contributed by atoms with E-state index in [0.29, 0.717) is 5.92 Å². The largest absolute Gasteiger partial charge is 0.353 e. The molecule has 3 rings (SSSR count). The molecule has 2 heterocycles. The molecule has 1 unspecified atom stereocenters. The first-order valence-electron chi connectivity index (χ1n) is 6.63. The quantitative estimate of drug-likeness (QED) is 0.765. The molecule has 1 atom stereocenters. The molecule has 0 amide bonds. The fourth-order valence-electron chi connectivity index (χ4n) is 2.81. The molecule has 0 aromatic heterocycles. The van der Waals surface area contributed by atoms with Gasteiger partial charge in [-0.1, -0.05) is 25.6 Å². The van der Waals surface area contributed by atoms with Gasteiger partial charge >= 0.3 is 0 Å². The first-order valence-corrected chi connectivity index (χ1v) is 7.51. The van der Waals surface area contributed by atoms with Gasteiger partial charge in [-0.2, -0.15) is 0 Å². The van der Waals surface area contributed by atoms with Crippen molar-refractivity contribution in [1.29, 1.82) is 0 Å². The van der Waals surface area contributed by atoms with Gasteiger partial charge in [0.2, 0.25) is 0 Å². The maximum Gasteiger partial charge on any atom is 0.0758 e. The smallest absolute Gasteiger partial charge is 0.0758 e. The number of nitrogens with zero attached hydrogens (tertiary/aromatic N) is 1. The Labute approximate surface area is 108 Å². The molecule has 3 heteroatoms. The van der Waals surface area contributed by atoms with Crippen molar-refractivity contribution < 1.29 is 0 Å². The molecule has 1 fully saturated rings. The van der Waals surface area contributed by atoms with Gasteiger partial charge in [0.1, 0.15) is 0 Å². The molecule has 0 bridgehead atoms. The highest BCUT2D eigenvalue weighted by molar-refractivity contribution is 8.06.